The average molecular weight is 448 g/mol. The number of alkyl halides is 3. The number of nitrogens with zero attached hydrogens (tertiary/aromatic N) is 2. The smallest absolute Gasteiger partial charge is 0.416 e. The van der Waals surface area contributed by atoms with Crippen LogP contribution in [0.3, 0.4) is 0 Å². The van der Waals surface area contributed by atoms with Gasteiger partial charge in [-0.2, -0.15) is 13.2 Å². The van der Waals surface area contributed by atoms with Crippen LogP contribution in [0.1, 0.15) is 50.8 Å². The number of piperidine rings is 1. The van der Waals surface area contributed by atoms with E-state index in [2.05, 4.69) is 28.7 Å². The number of halogens is 3. The van der Waals surface area contributed by atoms with E-state index in [-0.39, 0.29) is 12.1 Å². The zero-order valence-electron chi connectivity index (χ0n) is 18.4. The highest BCUT2D eigenvalue weighted by atomic mass is 19.4. The van der Waals surface area contributed by atoms with Crippen LogP contribution in [0.5, 0.6) is 5.75 Å². The van der Waals surface area contributed by atoms with Crippen molar-refractivity contribution >= 4 is 11.0 Å². The fourth-order valence-corrected chi connectivity index (χ4v) is 4.54. The largest absolute Gasteiger partial charge is 0.492 e. The minimum atomic E-state index is -4.40. The number of fused-ring (bicyclic) bond motifs is 1. The number of imidazole rings is 1. The molecule has 0 bridgehead atoms. The molecule has 1 aliphatic heterocycles. The van der Waals surface area contributed by atoms with Crippen molar-refractivity contribution in [3.8, 4) is 5.75 Å². The van der Waals surface area contributed by atoms with Gasteiger partial charge in [-0.05, 0) is 63.4 Å². The predicted octanol–water partition coefficient (Wildman–Crippen LogP) is 5.04. The molecule has 1 fully saturated rings. The SMILES string of the molecule is CC1CC(O)(c2ccc(C(F)(F)F)cc2)CC(COc2ccc3c(c2)ncn3C(C)C)N1. The molecule has 1 aliphatic rings. The second kappa shape index (κ2) is 8.41. The minimum absolute atomic E-state index is 0.0196. The van der Waals surface area contributed by atoms with Crippen LogP contribution < -0.4 is 10.1 Å². The second-order valence-electron chi connectivity index (χ2n) is 8.99. The van der Waals surface area contributed by atoms with E-state index in [9.17, 15) is 18.3 Å². The second-order valence-corrected chi connectivity index (χ2v) is 8.99. The Bertz CT molecular complexity index is 1080. The first-order valence-corrected chi connectivity index (χ1v) is 10.8. The third-order valence-electron chi connectivity index (χ3n) is 6.05. The first-order chi connectivity index (χ1) is 15.0. The van der Waals surface area contributed by atoms with Crippen molar-refractivity contribution in [1.29, 1.82) is 0 Å². The zero-order valence-corrected chi connectivity index (χ0v) is 18.4. The van der Waals surface area contributed by atoms with E-state index in [0.29, 0.717) is 36.8 Å². The highest BCUT2D eigenvalue weighted by Gasteiger charge is 2.39. The molecule has 2 N–H and O–H groups in total. The summed E-state index contributed by atoms with van der Waals surface area (Å²) in [5.74, 6) is 0.685. The van der Waals surface area contributed by atoms with Gasteiger partial charge in [-0.15, -0.1) is 0 Å². The van der Waals surface area contributed by atoms with Crippen LogP contribution >= 0.6 is 0 Å². The van der Waals surface area contributed by atoms with E-state index in [1.807, 2.05) is 31.5 Å². The van der Waals surface area contributed by atoms with Crippen molar-refractivity contribution in [2.75, 3.05) is 6.61 Å². The van der Waals surface area contributed by atoms with Gasteiger partial charge in [0.05, 0.1) is 28.5 Å². The molecule has 172 valence electrons. The normalized spacial score (nSPS) is 24.2. The summed E-state index contributed by atoms with van der Waals surface area (Å²) >= 11 is 0. The van der Waals surface area contributed by atoms with Crippen LogP contribution in [-0.2, 0) is 11.8 Å². The van der Waals surface area contributed by atoms with Crippen molar-refractivity contribution in [3.63, 3.8) is 0 Å². The van der Waals surface area contributed by atoms with E-state index >= 15 is 0 Å². The van der Waals surface area contributed by atoms with Gasteiger partial charge >= 0.3 is 6.18 Å². The van der Waals surface area contributed by atoms with E-state index in [1.165, 1.54) is 12.1 Å². The summed E-state index contributed by atoms with van der Waals surface area (Å²) in [6, 6.07) is 10.7. The number of benzene rings is 2. The Labute approximate surface area is 185 Å². The standard InChI is InChI=1S/C24H28F3N3O2/c1-15(2)30-14-28-21-10-20(8-9-22(21)30)32-13-19-12-23(31,11-16(3)29-19)17-4-6-18(7-5-17)24(25,26)27/h4-10,14-16,19,29,31H,11-13H2,1-3H3. The molecule has 2 heterocycles. The van der Waals surface area contributed by atoms with Crippen LogP contribution in [0, 0.1) is 0 Å². The monoisotopic (exact) mass is 447 g/mol. The Kier molecular flexibility index (Phi) is 5.94. The molecule has 2 aromatic carbocycles. The molecule has 5 nitrogen and oxygen atoms in total. The van der Waals surface area contributed by atoms with E-state index in [4.69, 9.17) is 4.74 Å². The number of nitrogens with one attached hydrogen (secondary N) is 1. The van der Waals surface area contributed by atoms with Gasteiger partial charge in [-0.1, -0.05) is 12.1 Å². The van der Waals surface area contributed by atoms with Gasteiger partial charge in [0.2, 0.25) is 0 Å². The molecule has 0 spiro atoms. The molecule has 32 heavy (non-hydrogen) atoms. The van der Waals surface area contributed by atoms with Crippen LogP contribution in [0.15, 0.2) is 48.8 Å². The highest BCUT2D eigenvalue weighted by Crippen LogP contribution is 2.37. The first kappa shape index (κ1) is 22.6. The Morgan fingerprint density at radius 1 is 1.19 bits per heavy atom. The number of hydrogen-bond acceptors (Lipinski definition) is 4. The Morgan fingerprint density at radius 2 is 1.91 bits per heavy atom. The molecule has 0 aliphatic carbocycles. The Hall–Kier alpha value is -2.58. The Morgan fingerprint density at radius 3 is 2.56 bits per heavy atom. The van der Waals surface area contributed by atoms with E-state index in [1.54, 1.807) is 0 Å². The maximum atomic E-state index is 12.9. The lowest BCUT2D eigenvalue weighted by Gasteiger charge is -2.41. The quantitative estimate of drug-likeness (QED) is 0.575. The molecule has 1 saturated heterocycles. The number of aliphatic hydroxyl groups is 1. The van der Waals surface area contributed by atoms with Gasteiger partial charge in [0.1, 0.15) is 12.4 Å². The fraction of sp³-hybridized carbons (Fsp3) is 0.458. The number of ether oxygens (including phenoxy) is 1. The van der Waals surface area contributed by atoms with Gasteiger partial charge in [-0.25, -0.2) is 4.98 Å². The van der Waals surface area contributed by atoms with Gasteiger partial charge in [0.25, 0.3) is 0 Å². The molecule has 1 aromatic heterocycles. The summed E-state index contributed by atoms with van der Waals surface area (Å²) in [5, 5.41) is 14.7. The summed E-state index contributed by atoms with van der Waals surface area (Å²) in [7, 11) is 0. The number of hydrogen-bond donors (Lipinski definition) is 2. The van der Waals surface area contributed by atoms with Gasteiger partial charge in [0, 0.05) is 24.2 Å². The maximum Gasteiger partial charge on any atom is 0.416 e. The number of rotatable bonds is 5. The Balaban J connectivity index is 1.46. The minimum Gasteiger partial charge on any atom is -0.492 e. The molecule has 3 unspecified atom stereocenters. The number of aromatic nitrogens is 2. The van der Waals surface area contributed by atoms with Crippen molar-refractivity contribution in [2.45, 2.75) is 63.5 Å². The average Bonchev–Trinajstić information content (AvgIpc) is 3.15. The van der Waals surface area contributed by atoms with Crippen molar-refractivity contribution in [1.82, 2.24) is 14.9 Å². The van der Waals surface area contributed by atoms with Gasteiger partial charge in [0.15, 0.2) is 0 Å². The first-order valence-electron chi connectivity index (χ1n) is 10.8. The molecule has 0 saturated carbocycles. The highest BCUT2D eigenvalue weighted by molar-refractivity contribution is 5.77. The van der Waals surface area contributed by atoms with Crippen LogP contribution in [0.4, 0.5) is 13.2 Å². The van der Waals surface area contributed by atoms with Crippen molar-refractivity contribution in [2.24, 2.45) is 0 Å². The van der Waals surface area contributed by atoms with Crippen LogP contribution in [-0.4, -0.2) is 33.3 Å². The summed E-state index contributed by atoms with van der Waals surface area (Å²) in [4.78, 5) is 4.44. The topological polar surface area (TPSA) is 59.3 Å². The summed E-state index contributed by atoms with van der Waals surface area (Å²) in [5.41, 5.74) is 0.436. The molecular weight excluding hydrogens is 419 g/mol. The molecule has 0 radical (unpaired) electrons. The molecule has 3 aromatic rings. The zero-order chi connectivity index (χ0) is 23.1. The third-order valence-corrected chi connectivity index (χ3v) is 6.05. The summed E-state index contributed by atoms with van der Waals surface area (Å²) < 4.78 is 46.7. The van der Waals surface area contributed by atoms with E-state index < -0.39 is 17.3 Å². The van der Waals surface area contributed by atoms with Gasteiger partial charge < -0.3 is 19.7 Å². The summed E-state index contributed by atoms with van der Waals surface area (Å²) in [6.07, 6.45) is -1.83. The predicted molar refractivity (Wildman–Crippen MR) is 117 cm³/mol. The van der Waals surface area contributed by atoms with Crippen LogP contribution in [0.2, 0.25) is 0 Å². The lowest BCUT2D eigenvalue weighted by atomic mass is 9.79. The molecule has 0 amide bonds. The maximum absolute atomic E-state index is 12.9. The molecule has 8 heteroatoms. The van der Waals surface area contributed by atoms with Crippen molar-refractivity contribution < 1.29 is 23.0 Å². The van der Waals surface area contributed by atoms with Gasteiger partial charge in [-0.3, -0.25) is 0 Å². The lowest BCUT2D eigenvalue weighted by molar-refractivity contribution is -0.137. The summed E-state index contributed by atoms with van der Waals surface area (Å²) in [6.45, 7) is 6.47. The molecule has 3 atom stereocenters. The fourth-order valence-electron chi connectivity index (χ4n) is 4.54. The van der Waals surface area contributed by atoms with Crippen LogP contribution in [0.25, 0.3) is 11.0 Å². The van der Waals surface area contributed by atoms with E-state index in [0.717, 1.165) is 23.2 Å². The lowest BCUT2D eigenvalue weighted by Crippen LogP contribution is -2.53. The third kappa shape index (κ3) is 4.61. The molecular formula is C24H28F3N3O2. The molecule has 4 rings (SSSR count). The van der Waals surface area contributed by atoms with Crippen molar-refractivity contribution in [3.05, 3.63) is 59.9 Å².